The number of nitrogens with zero attached hydrogens (tertiary/aromatic N) is 4. The van der Waals surface area contributed by atoms with Crippen LogP contribution in [0.2, 0.25) is 0 Å². The largest absolute Gasteiger partial charge is 0.381 e. The molecule has 6 heteroatoms. The van der Waals surface area contributed by atoms with Crippen molar-refractivity contribution in [2.24, 2.45) is 0 Å². The zero-order valence-corrected chi connectivity index (χ0v) is 21.5. The van der Waals surface area contributed by atoms with Gasteiger partial charge < -0.3 is 14.6 Å². The van der Waals surface area contributed by atoms with Gasteiger partial charge in [0.15, 0.2) is 5.65 Å². The summed E-state index contributed by atoms with van der Waals surface area (Å²) in [5.74, 6) is 1.06. The number of fused-ring (bicyclic) bond motifs is 2. The second-order valence-corrected chi connectivity index (χ2v) is 10.8. The summed E-state index contributed by atoms with van der Waals surface area (Å²) in [4.78, 5) is 10.9. The molecule has 6 rings (SSSR count). The van der Waals surface area contributed by atoms with Crippen molar-refractivity contribution in [3.05, 3.63) is 53.0 Å². The van der Waals surface area contributed by atoms with Crippen molar-refractivity contribution < 1.29 is 4.74 Å². The normalized spacial score (nSPS) is 18.9. The van der Waals surface area contributed by atoms with Crippen LogP contribution in [0.3, 0.4) is 0 Å². The van der Waals surface area contributed by atoms with Gasteiger partial charge in [-0.25, -0.2) is 9.50 Å². The van der Waals surface area contributed by atoms with Crippen LogP contribution in [0.15, 0.2) is 30.7 Å². The van der Waals surface area contributed by atoms with Gasteiger partial charge in [-0.15, -0.1) is 0 Å². The van der Waals surface area contributed by atoms with E-state index in [1.807, 2.05) is 4.52 Å². The number of nitrogens with one attached hydrogen (secondary N) is 1. The molecule has 4 aromatic rings. The van der Waals surface area contributed by atoms with Crippen LogP contribution >= 0.6 is 0 Å². The summed E-state index contributed by atoms with van der Waals surface area (Å²) in [5.41, 5.74) is 9.95. The molecule has 2 aliphatic rings. The Labute approximate surface area is 207 Å². The van der Waals surface area contributed by atoms with Crippen LogP contribution in [0.1, 0.15) is 73.6 Å². The molecule has 5 heterocycles. The van der Waals surface area contributed by atoms with E-state index in [-0.39, 0.29) is 0 Å². The van der Waals surface area contributed by atoms with E-state index < -0.39 is 0 Å². The molecule has 0 spiro atoms. The fourth-order valence-corrected chi connectivity index (χ4v) is 6.40. The number of rotatable bonds is 4. The average molecular weight is 472 g/mol. The highest BCUT2D eigenvalue weighted by Gasteiger charge is 2.28. The van der Waals surface area contributed by atoms with Crippen molar-refractivity contribution in [3.63, 3.8) is 0 Å². The summed E-state index contributed by atoms with van der Waals surface area (Å²) in [7, 11) is 0. The molecule has 0 bridgehead atoms. The molecule has 0 saturated carbocycles. The van der Waals surface area contributed by atoms with Crippen molar-refractivity contribution in [3.8, 4) is 11.3 Å². The summed E-state index contributed by atoms with van der Waals surface area (Å²) >= 11 is 0. The maximum absolute atomic E-state index is 5.58. The molecule has 2 aliphatic heterocycles. The van der Waals surface area contributed by atoms with Gasteiger partial charge in [0.05, 0.1) is 5.69 Å². The van der Waals surface area contributed by atoms with E-state index in [1.54, 1.807) is 6.33 Å². The number of ether oxygens (including phenoxy) is 1. The second kappa shape index (κ2) is 9.07. The Morgan fingerprint density at radius 2 is 1.80 bits per heavy atom. The van der Waals surface area contributed by atoms with Gasteiger partial charge in [-0.05, 0) is 98.8 Å². The minimum Gasteiger partial charge on any atom is -0.381 e. The van der Waals surface area contributed by atoms with Crippen LogP contribution in [-0.2, 0) is 4.74 Å². The lowest BCUT2D eigenvalue weighted by molar-refractivity contribution is 0.0252. The van der Waals surface area contributed by atoms with E-state index in [0.29, 0.717) is 11.8 Å². The SMILES string of the molecule is Cc1c(-c2[nH]c3ccc(C4CCN(C5CCOCC5)CC4)cc3c2C(C)C)cn2ncnc2c1C. The third-order valence-corrected chi connectivity index (χ3v) is 8.54. The molecule has 1 N–H and O–H groups in total. The minimum atomic E-state index is 0.413. The van der Waals surface area contributed by atoms with Crippen molar-refractivity contribution in [2.75, 3.05) is 26.3 Å². The number of hydrogen-bond donors (Lipinski definition) is 1. The van der Waals surface area contributed by atoms with Gasteiger partial charge in [0, 0.05) is 41.9 Å². The highest BCUT2D eigenvalue weighted by Crippen LogP contribution is 2.40. The molecule has 1 aromatic carbocycles. The number of benzene rings is 1. The van der Waals surface area contributed by atoms with Gasteiger partial charge in [-0.3, -0.25) is 0 Å². The second-order valence-electron chi connectivity index (χ2n) is 10.8. The highest BCUT2D eigenvalue weighted by atomic mass is 16.5. The Morgan fingerprint density at radius 3 is 2.54 bits per heavy atom. The van der Waals surface area contributed by atoms with E-state index in [1.165, 1.54) is 83.2 Å². The quantitative estimate of drug-likeness (QED) is 0.398. The monoisotopic (exact) mass is 471 g/mol. The third kappa shape index (κ3) is 3.97. The Bertz CT molecular complexity index is 1350. The number of likely N-dealkylation sites (tertiary alicyclic amines) is 1. The van der Waals surface area contributed by atoms with E-state index in [4.69, 9.17) is 4.74 Å². The van der Waals surface area contributed by atoms with Gasteiger partial charge in [-0.2, -0.15) is 5.10 Å². The van der Waals surface area contributed by atoms with Crippen molar-refractivity contribution in [1.29, 1.82) is 0 Å². The molecule has 0 atom stereocenters. The van der Waals surface area contributed by atoms with Gasteiger partial charge in [0.1, 0.15) is 6.33 Å². The highest BCUT2D eigenvalue weighted by molar-refractivity contribution is 5.92. The smallest absolute Gasteiger partial charge is 0.158 e. The van der Waals surface area contributed by atoms with E-state index in [9.17, 15) is 0 Å². The standard InChI is InChI=1S/C29H37N5O/c1-18(2)27-24-15-22(21-7-11-33(12-8-21)23-9-13-35-14-10-23)5-6-26(24)32-28(27)25-16-34-29(30-17-31-34)20(4)19(25)3/h5-6,15-18,21,23,32H,7-14H2,1-4H3. The van der Waals surface area contributed by atoms with E-state index >= 15 is 0 Å². The lowest BCUT2D eigenvalue weighted by atomic mass is 9.86. The number of piperidine rings is 1. The first-order chi connectivity index (χ1) is 17.0. The Balaban J connectivity index is 1.34. The first-order valence-corrected chi connectivity index (χ1v) is 13.3. The predicted molar refractivity (Wildman–Crippen MR) is 141 cm³/mol. The van der Waals surface area contributed by atoms with Crippen LogP contribution in [-0.4, -0.2) is 56.8 Å². The zero-order chi connectivity index (χ0) is 24.1. The molecular weight excluding hydrogens is 434 g/mol. The molecule has 0 unspecified atom stereocenters. The molecule has 0 radical (unpaired) electrons. The maximum Gasteiger partial charge on any atom is 0.158 e. The average Bonchev–Trinajstić information content (AvgIpc) is 3.51. The molecule has 0 aliphatic carbocycles. The summed E-state index contributed by atoms with van der Waals surface area (Å²) < 4.78 is 7.49. The van der Waals surface area contributed by atoms with Crippen molar-refractivity contribution in [1.82, 2.24) is 24.5 Å². The van der Waals surface area contributed by atoms with Crippen molar-refractivity contribution in [2.45, 2.75) is 71.3 Å². The minimum absolute atomic E-state index is 0.413. The number of hydrogen-bond acceptors (Lipinski definition) is 4. The summed E-state index contributed by atoms with van der Waals surface area (Å²) in [6.45, 7) is 13.2. The van der Waals surface area contributed by atoms with E-state index in [2.05, 4.69) is 72.1 Å². The first-order valence-electron chi connectivity index (χ1n) is 13.3. The predicted octanol–water partition coefficient (Wildman–Crippen LogP) is 5.98. The molecule has 6 nitrogen and oxygen atoms in total. The van der Waals surface area contributed by atoms with Crippen molar-refractivity contribution >= 4 is 16.6 Å². The molecule has 2 fully saturated rings. The fraction of sp³-hybridized carbons (Fsp3) is 0.517. The van der Waals surface area contributed by atoms with Crippen LogP contribution in [0.4, 0.5) is 0 Å². The topological polar surface area (TPSA) is 58.5 Å². The molecule has 0 amide bonds. The Hall–Kier alpha value is -2.70. The lowest BCUT2D eigenvalue weighted by Crippen LogP contribution is -2.43. The first kappa shape index (κ1) is 22.7. The third-order valence-electron chi connectivity index (χ3n) is 8.54. The summed E-state index contributed by atoms with van der Waals surface area (Å²) in [6.07, 6.45) is 8.66. The summed E-state index contributed by atoms with van der Waals surface area (Å²) in [5, 5.41) is 5.80. The van der Waals surface area contributed by atoms with Gasteiger partial charge in [0.25, 0.3) is 0 Å². The van der Waals surface area contributed by atoms with Crippen LogP contribution in [0.25, 0.3) is 27.8 Å². The number of aryl methyl sites for hydroxylation is 1. The Morgan fingerprint density at radius 1 is 1.03 bits per heavy atom. The number of pyridine rings is 1. The van der Waals surface area contributed by atoms with Crippen LogP contribution in [0.5, 0.6) is 0 Å². The van der Waals surface area contributed by atoms with Crippen LogP contribution in [0, 0.1) is 13.8 Å². The molecule has 3 aromatic heterocycles. The summed E-state index contributed by atoms with van der Waals surface area (Å²) in [6, 6.07) is 7.87. The Kier molecular flexibility index (Phi) is 5.89. The molecular formula is C29H37N5O. The number of aromatic amines is 1. The van der Waals surface area contributed by atoms with Gasteiger partial charge >= 0.3 is 0 Å². The van der Waals surface area contributed by atoms with Gasteiger partial charge in [-0.1, -0.05) is 19.9 Å². The maximum atomic E-state index is 5.58. The van der Waals surface area contributed by atoms with Crippen LogP contribution < -0.4 is 0 Å². The molecule has 2 saturated heterocycles. The molecule has 35 heavy (non-hydrogen) atoms. The number of H-pyrrole nitrogens is 1. The van der Waals surface area contributed by atoms with E-state index in [0.717, 1.165) is 24.9 Å². The van der Waals surface area contributed by atoms with Gasteiger partial charge in [0.2, 0.25) is 0 Å². The molecule has 184 valence electrons. The fourth-order valence-electron chi connectivity index (χ4n) is 6.40. The zero-order valence-electron chi connectivity index (χ0n) is 21.5. The lowest BCUT2D eigenvalue weighted by Gasteiger charge is -2.39. The number of aromatic nitrogens is 4.